The summed E-state index contributed by atoms with van der Waals surface area (Å²) in [6, 6.07) is 0. The summed E-state index contributed by atoms with van der Waals surface area (Å²) in [5.41, 5.74) is 0. The van der Waals surface area contributed by atoms with E-state index in [0.717, 1.165) is 0 Å². The van der Waals surface area contributed by atoms with Crippen LogP contribution in [0, 0.1) is 5.92 Å². The third-order valence-electron chi connectivity index (χ3n) is 2.15. The fourth-order valence-corrected chi connectivity index (χ4v) is 0.947. The molecule has 0 aromatic heterocycles. The maximum absolute atomic E-state index is 11.2. The first-order valence-electron chi connectivity index (χ1n) is 6.02. The molecule has 5 nitrogen and oxygen atoms in total. The molecule has 0 radical (unpaired) electrons. The van der Waals surface area contributed by atoms with Gasteiger partial charge in [0.2, 0.25) is 5.91 Å². The molecule has 17 heavy (non-hydrogen) atoms. The predicted molar refractivity (Wildman–Crippen MR) is 64.8 cm³/mol. The second-order valence-electron chi connectivity index (χ2n) is 3.99. The van der Waals surface area contributed by atoms with Crippen LogP contribution in [0.25, 0.3) is 0 Å². The summed E-state index contributed by atoms with van der Waals surface area (Å²) >= 11 is 0. The minimum Gasteiger partial charge on any atom is -0.377 e. The van der Waals surface area contributed by atoms with Gasteiger partial charge in [0, 0.05) is 18.9 Å². The van der Waals surface area contributed by atoms with Crippen molar-refractivity contribution in [3.63, 3.8) is 0 Å². The van der Waals surface area contributed by atoms with Gasteiger partial charge in [-0.05, 0) is 0 Å². The van der Waals surface area contributed by atoms with E-state index in [2.05, 4.69) is 5.32 Å². The van der Waals surface area contributed by atoms with Gasteiger partial charge in [0.15, 0.2) is 5.78 Å². The van der Waals surface area contributed by atoms with E-state index in [-0.39, 0.29) is 24.2 Å². The molecule has 0 spiro atoms. The van der Waals surface area contributed by atoms with Gasteiger partial charge in [-0.3, -0.25) is 9.59 Å². The summed E-state index contributed by atoms with van der Waals surface area (Å²) in [6.45, 7) is 7.46. The smallest absolute Gasteiger partial charge is 0.219 e. The predicted octanol–water partition coefficient (Wildman–Crippen LogP) is 0.771. The molecule has 5 heteroatoms. The van der Waals surface area contributed by atoms with Crippen molar-refractivity contribution in [3.05, 3.63) is 0 Å². The van der Waals surface area contributed by atoms with Gasteiger partial charge in [-0.25, -0.2) is 0 Å². The Kier molecular flexibility index (Phi) is 9.66. The van der Waals surface area contributed by atoms with Gasteiger partial charge in [-0.2, -0.15) is 0 Å². The van der Waals surface area contributed by atoms with Gasteiger partial charge in [-0.1, -0.05) is 20.8 Å². The number of nitrogens with one attached hydrogen (secondary N) is 1. The van der Waals surface area contributed by atoms with Crippen molar-refractivity contribution in [2.24, 2.45) is 5.92 Å². The molecule has 100 valence electrons. The molecule has 0 unspecified atom stereocenters. The zero-order valence-electron chi connectivity index (χ0n) is 11.0. The third kappa shape index (κ3) is 9.96. The summed E-state index contributed by atoms with van der Waals surface area (Å²) in [6.07, 6.45) is 0.487. The number of ketones is 1. The van der Waals surface area contributed by atoms with Crippen molar-refractivity contribution in [1.29, 1.82) is 0 Å². The minimum absolute atomic E-state index is 0.0141. The highest BCUT2D eigenvalue weighted by molar-refractivity contribution is 5.81. The lowest BCUT2D eigenvalue weighted by Crippen LogP contribution is -2.26. The Balaban J connectivity index is 3.19. The van der Waals surface area contributed by atoms with Crippen LogP contribution in [-0.2, 0) is 19.1 Å². The van der Waals surface area contributed by atoms with Crippen LogP contribution in [0.2, 0.25) is 0 Å². The monoisotopic (exact) mass is 245 g/mol. The van der Waals surface area contributed by atoms with E-state index in [1.807, 2.05) is 13.8 Å². The molecular formula is C12H23NO4. The first kappa shape index (κ1) is 16.1. The molecule has 0 atom stereocenters. The zero-order chi connectivity index (χ0) is 13.1. The van der Waals surface area contributed by atoms with Crippen molar-refractivity contribution >= 4 is 11.7 Å². The number of carbonyl (C=O) groups is 2. The number of hydrogen-bond acceptors (Lipinski definition) is 4. The van der Waals surface area contributed by atoms with E-state index in [1.165, 1.54) is 0 Å². The van der Waals surface area contributed by atoms with Gasteiger partial charge in [0.1, 0.15) is 6.61 Å². The molecule has 0 aromatic carbocycles. The Labute approximate surface area is 103 Å². The Morgan fingerprint density at radius 1 is 1.12 bits per heavy atom. The second-order valence-corrected chi connectivity index (χ2v) is 3.99. The third-order valence-corrected chi connectivity index (χ3v) is 2.15. The highest BCUT2D eigenvalue weighted by Crippen LogP contribution is 1.94. The number of hydrogen-bond donors (Lipinski definition) is 1. The van der Waals surface area contributed by atoms with Gasteiger partial charge < -0.3 is 14.8 Å². The van der Waals surface area contributed by atoms with Gasteiger partial charge in [0.05, 0.1) is 19.8 Å². The molecule has 0 heterocycles. The Morgan fingerprint density at radius 2 is 1.76 bits per heavy atom. The summed E-state index contributed by atoms with van der Waals surface area (Å²) in [5, 5.41) is 2.70. The molecule has 1 amide bonds. The van der Waals surface area contributed by atoms with Crippen LogP contribution in [-0.4, -0.2) is 44.7 Å². The number of Topliss-reactive ketones (excluding diaryl/α,β-unsaturated/α-hetero) is 1. The average Bonchev–Trinajstić information content (AvgIpc) is 2.31. The quantitative estimate of drug-likeness (QED) is 0.577. The van der Waals surface area contributed by atoms with E-state index in [9.17, 15) is 9.59 Å². The highest BCUT2D eigenvalue weighted by Gasteiger charge is 2.06. The molecule has 0 aliphatic rings. The largest absolute Gasteiger partial charge is 0.377 e. The molecule has 1 N–H and O–H groups in total. The lowest BCUT2D eigenvalue weighted by Gasteiger charge is -2.07. The molecule has 0 saturated carbocycles. The van der Waals surface area contributed by atoms with E-state index < -0.39 is 0 Å². The molecular weight excluding hydrogens is 222 g/mol. The van der Waals surface area contributed by atoms with Crippen LogP contribution < -0.4 is 5.32 Å². The maximum atomic E-state index is 11.2. The Hall–Kier alpha value is -0.940. The van der Waals surface area contributed by atoms with E-state index in [0.29, 0.717) is 32.8 Å². The minimum atomic E-state index is 0.0141. The van der Waals surface area contributed by atoms with E-state index in [4.69, 9.17) is 9.47 Å². The molecule has 0 aliphatic carbocycles. The number of amides is 1. The zero-order valence-corrected chi connectivity index (χ0v) is 11.0. The topological polar surface area (TPSA) is 64.6 Å². The van der Waals surface area contributed by atoms with Crippen LogP contribution in [0.15, 0.2) is 0 Å². The lowest BCUT2D eigenvalue weighted by atomic mass is 10.1. The first-order chi connectivity index (χ1) is 8.07. The average molecular weight is 245 g/mol. The van der Waals surface area contributed by atoms with Crippen molar-refractivity contribution < 1.29 is 19.1 Å². The maximum Gasteiger partial charge on any atom is 0.219 e. The van der Waals surface area contributed by atoms with E-state index in [1.54, 1.807) is 6.92 Å². The summed E-state index contributed by atoms with van der Waals surface area (Å²) in [5.74, 6) is 0.132. The van der Waals surface area contributed by atoms with Crippen LogP contribution in [0.5, 0.6) is 0 Å². The lowest BCUT2D eigenvalue weighted by molar-refractivity contribution is -0.127. The van der Waals surface area contributed by atoms with Gasteiger partial charge in [0.25, 0.3) is 0 Å². The normalized spacial score (nSPS) is 10.6. The van der Waals surface area contributed by atoms with Crippen LogP contribution in [0.1, 0.15) is 27.2 Å². The fourth-order valence-electron chi connectivity index (χ4n) is 0.947. The van der Waals surface area contributed by atoms with Crippen molar-refractivity contribution in [2.45, 2.75) is 27.2 Å². The molecule has 0 bridgehead atoms. The highest BCUT2D eigenvalue weighted by atomic mass is 16.5. The van der Waals surface area contributed by atoms with Gasteiger partial charge >= 0.3 is 0 Å². The SMILES string of the molecule is CCC(=O)NCCOCCOCC(=O)C(C)C. The van der Waals surface area contributed by atoms with Crippen molar-refractivity contribution in [1.82, 2.24) is 5.32 Å². The molecule has 0 aromatic rings. The van der Waals surface area contributed by atoms with Crippen LogP contribution in [0.4, 0.5) is 0 Å². The second kappa shape index (κ2) is 10.2. The molecule has 0 saturated heterocycles. The Morgan fingerprint density at radius 3 is 2.35 bits per heavy atom. The van der Waals surface area contributed by atoms with Gasteiger partial charge in [-0.15, -0.1) is 0 Å². The first-order valence-corrected chi connectivity index (χ1v) is 6.02. The molecule has 0 rings (SSSR count). The summed E-state index contributed by atoms with van der Waals surface area (Å²) in [7, 11) is 0. The van der Waals surface area contributed by atoms with E-state index >= 15 is 0 Å². The Bertz CT molecular complexity index is 229. The summed E-state index contributed by atoms with van der Waals surface area (Å²) in [4.78, 5) is 22.0. The summed E-state index contributed by atoms with van der Waals surface area (Å²) < 4.78 is 10.4. The molecule has 0 fully saturated rings. The van der Waals surface area contributed by atoms with Crippen molar-refractivity contribution in [3.8, 4) is 0 Å². The number of carbonyl (C=O) groups excluding carboxylic acids is 2. The van der Waals surface area contributed by atoms with Crippen LogP contribution in [0.3, 0.4) is 0 Å². The number of rotatable bonds is 10. The fraction of sp³-hybridized carbons (Fsp3) is 0.833. The van der Waals surface area contributed by atoms with Crippen LogP contribution >= 0.6 is 0 Å². The standard InChI is InChI=1S/C12H23NO4/c1-4-12(15)13-5-6-16-7-8-17-9-11(14)10(2)3/h10H,4-9H2,1-3H3,(H,13,15). The van der Waals surface area contributed by atoms with Crippen molar-refractivity contribution in [2.75, 3.05) is 33.0 Å². The molecule has 0 aliphatic heterocycles. The number of ether oxygens (including phenoxy) is 2.